The normalized spacial score (nSPS) is 12.8. The highest BCUT2D eigenvalue weighted by Gasteiger charge is 2.12. The number of hydrogen-bond donors (Lipinski definition) is 1. The molecular formula is C17H23N3O3S. The lowest BCUT2D eigenvalue weighted by Gasteiger charge is -2.15. The van der Waals surface area contributed by atoms with Gasteiger partial charge in [0, 0.05) is 23.6 Å². The molecule has 130 valence electrons. The molecule has 0 bridgehead atoms. The molecule has 0 fully saturated rings. The summed E-state index contributed by atoms with van der Waals surface area (Å²) < 4.78 is 24.4. The molecule has 2 aromatic rings. The van der Waals surface area contributed by atoms with E-state index in [4.69, 9.17) is 0 Å². The number of carbonyl (C=O) groups is 1. The van der Waals surface area contributed by atoms with Crippen LogP contribution in [0.5, 0.6) is 0 Å². The maximum absolute atomic E-state index is 12.3. The first kappa shape index (κ1) is 18.2. The highest BCUT2D eigenvalue weighted by molar-refractivity contribution is 7.89. The molecule has 24 heavy (non-hydrogen) atoms. The van der Waals surface area contributed by atoms with Gasteiger partial charge in [0.25, 0.3) is 5.91 Å². The van der Waals surface area contributed by atoms with Crippen molar-refractivity contribution in [3.05, 3.63) is 52.8 Å². The van der Waals surface area contributed by atoms with Crippen LogP contribution in [0, 0.1) is 13.8 Å². The van der Waals surface area contributed by atoms with Gasteiger partial charge in [0.05, 0.1) is 18.0 Å². The van der Waals surface area contributed by atoms with Crippen molar-refractivity contribution in [2.45, 2.75) is 39.1 Å². The van der Waals surface area contributed by atoms with E-state index in [1.165, 1.54) is 6.26 Å². The van der Waals surface area contributed by atoms with Gasteiger partial charge in [-0.25, -0.2) is 8.42 Å². The van der Waals surface area contributed by atoms with Crippen LogP contribution in [-0.4, -0.2) is 36.4 Å². The van der Waals surface area contributed by atoms with Crippen LogP contribution in [0.15, 0.2) is 30.3 Å². The van der Waals surface area contributed by atoms with Gasteiger partial charge in [0.15, 0.2) is 9.84 Å². The quantitative estimate of drug-likeness (QED) is 0.863. The second kappa shape index (κ2) is 7.17. The summed E-state index contributed by atoms with van der Waals surface area (Å²) in [4.78, 5) is 12.3. The van der Waals surface area contributed by atoms with E-state index in [0.29, 0.717) is 17.7 Å². The number of aromatic nitrogens is 2. The number of rotatable bonds is 6. The van der Waals surface area contributed by atoms with Crippen LogP contribution >= 0.6 is 0 Å². The third-order valence-electron chi connectivity index (χ3n) is 3.57. The fourth-order valence-electron chi connectivity index (χ4n) is 2.53. The lowest BCUT2D eigenvalue weighted by molar-refractivity contribution is 0.0936. The molecule has 0 saturated carbocycles. The van der Waals surface area contributed by atoms with Crippen LogP contribution < -0.4 is 5.32 Å². The van der Waals surface area contributed by atoms with Gasteiger partial charge < -0.3 is 5.32 Å². The SMILES string of the molecule is Cc1cc(C)n(CC(C)NC(=O)c2ccc(CS(C)(=O)=O)cc2)n1. The molecule has 0 radical (unpaired) electrons. The number of amides is 1. The Morgan fingerprint density at radius 1 is 1.25 bits per heavy atom. The van der Waals surface area contributed by atoms with Crippen molar-refractivity contribution < 1.29 is 13.2 Å². The number of benzene rings is 1. The summed E-state index contributed by atoms with van der Waals surface area (Å²) in [5.41, 5.74) is 3.18. The van der Waals surface area contributed by atoms with Crippen molar-refractivity contribution in [1.29, 1.82) is 0 Å². The number of carbonyl (C=O) groups excluding carboxylic acids is 1. The van der Waals surface area contributed by atoms with Gasteiger partial charge >= 0.3 is 0 Å². The topological polar surface area (TPSA) is 81.1 Å². The molecule has 1 aromatic heterocycles. The third kappa shape index (κ3) is 5.19. The lowest BCUT2D eigenvalue weighted by atomic mass is 10.1. The monoisotopic (exact) mass is 349 g/mol. The number of sulfone groups is 1. The lowest BCUT2D eigenvalue weighted by Crippen LogP contribution is -2.36. The minimum atomic E-state index is -3.08. The fourth-order valence-corrected chi connectivity index (χ4v) is 3.32. The zero-order valence-corrected chi connectivity index (χ0v) is 15.2. The Labute approximate surface area is 142 Å². The van der Waals surface area contributed by atoms with Gasteiger partial charge in [-0.1, -0.05) is 12.1 Å². The number of hydrogen-bond acceptors (Lipinski definition) is 4. The van der Waals surface area contributed by atoms with Crippen LogP contribution in [0.4, 0.5) is 0 Å². The first-order chi connectivity index (χ1) is 11.1. The van der Waals surface area contributed by atoms with Crippen LogP contribution in [0.25, 0.3) is 0 Å². The van der Waals surface area contributed by atoms with E-state index >= 15 is 0 Å². The summed E-state index contributed by atoms with van der Waals surface area (Å²) in [6.07, 6.45) is 1.19. The molecule has 1 atom stereocenters. The highest BCUT2D eigenvalue weighted by atomic mass is 32.2. The molecule has 1 N–H and O–H groups in total. The minimum absolute atomic E-state index is 0.0246. The van der Waals surface area contributed by atoms with Gasteiger partial charge in [-0.05, 0) is 44.5 Å². The molecule has 0 spiro atoms. The Bertz CT molecular complexity index is 823. The minimum Gasteiger partial charge on any atom is -0.348 e. The second-order valence-corrected chi connectivity index (χ2v) is 8.39. The van der Waals surface area contributed by atoms with E-state index in [9.17, 15) is 13.2 Å². The summed E-state index contributed by atoms with van der Waals surface area (Å²) in [5.74, 6) is -0.210. The zero-order valence-electron chi connectivity index (χ0n) is 14.4. The van der Waals surface area contributed by atoms with Crippen LogP contribution in [0.1, 0.15) is 34.2 Å². The molecular weight excluding hydrogens is 326 g/mol. The molecule has 1 heterocycles. The van der Waals surface area contributed by atoms with E-state index < -0.39 is 9.84 Å². The van der Waals surface area contributed by atoms with E-state index in [0.717, 1.165) is 11.4 Å². The van der Waals surface area contributed by atoms with Crippen LogP contribution in [0.3, 0.4) is 0 Å². The van der Waals surface area contributed by atoms with Crippen molar-refractivity contribution in [2.75, 3.05) is 6.26 Å². The average Bonchev–Trinajstić information content (AvgIpc) is 2.75. The van der Waals surface area contributed by atoms with E-state index in [1.54, 1.807) is 24.3 Å². The Hall–Kier alpha value is -2.15. The number of nitrogens with one attached hydrogen (secondary N) is 1. The Morgan fingerprint density at radius 3 is 2.38 bits per heavy atom. The molecule has 0 aliphatic heterocycles. The molecule has 7 heteroatoms. The summed E-state index contributed by atoms with van der Waals surface area (Å²) >= 11 is 0. The van der Waals surface area contributed by atoms with Gasteiger partial charge in [-0.3, -0.25) is 9.48 Å². The van der Waals surface area contributed by atoms with Crippen molar-refractivity contribution >= 4 is 15.7 Å². The molecule has 6 nitrogen and oxygen atoms in total. The third-order valence-corrected chi connectivity index (χ3v) is 4.43. The Balaban J connectivity index is 1.97. The van der Waals surface area contributed by atoms with Crippen LogP contribution in [-0.2, 0) is 22.1 Å². The zero-order chi connectivity index (χ0) is 17.9. The molecule has 0 aliphatic carbocycles. The van der Waals surface area contributed by atoms with Gasteiger partial charge in [0.2, 0.25) is 0 Å². The van der Waals surface area contributed by atoms with Crippen molar-refractivity contribution in [1.82, 2.24) is 15.1 Å². The van der Waals surface area contributed by atoms with Crippen molar-refractivity contribution in [2.24, 2.45) is 0 Å². The number of nitrogens with zero attached hydrogens (tertiary/aromatic N) is 2. The van der Waals surface area contributed by atoms with Gasteiger partial charge in [0.1, 0.15) is 0 Å². The predicted molar refractivity (Wildman–Crippen MR) is 93.6 cm³/mol. The standard InChI is InChI=1S/C17H23N3O3S/c1-12-9-14(3)20(19-12)10-13(2)18-17(21)16-7-5-15(6-8-16)11-24(4,22)23/h5-9,13H,10-11H2,1-4H3,(H,18,21). The average molecular weight is 349 g/mol. The second-order valence-electron chi connectivity index (χ2n) is 6.25. The van der Waals surface area contributed by atoms with E-state index in [2.05, 4.69) is 10.4 Å². The van der Waals surface area contributed by atoms with Gasteiger partial charge in [-0.2, -0.15) is 5.10 Å². The molecule has 1 unspecified atom stereocenters. The predicted octanol–water partition coefficient (Wildman–Crippen LogP) is 1.86. The van der Waals surface area contributed by atoms with Gasteiger partial charge in [-0.15, -0.1) is 0 Å². The summed E-state index contributed by atoms with van der Waals surface area (Å²) in [5, 5.41) is 7.32. The fraction of sp³-hybridized carbons (Fsp3) is 0.412. The van der Waals surface area contributed by atoms with Crippen molar-refractivity contribution in [3.8, 4) is 0 Å². The molecule has 0 saturated heterocycles. The first-order valence-electron chi connectivity index (χ1n) is 7.72. The Kier molecular flexibility index (Phi) is 5.43. The molecule has 2 rings (SSSR count). The Morgan fingerprint density at radius 2 is 1.88 bits per heavy atom. The molecule has 0 aliphatic rings. The largest absolute Gasteiger partial charge is 0.348 e. The van der Waals surface area contributed by atoms with Crippen LogP contribution in [0.2, 0.25) is 0 Å². The van der Waals surface area contributed by atoms with Crippen molar-refractivity contribution in [3.63, 3.8) is 0 Å². The maximum atomic E-state index is 12.3. The maximum Gasteiger partial charge on any atom is 0.251 e. The number of aryl methyl sites for hydroxylation is 2. The smallest absolute Gasteiger partial charge is 0.251 e. The van der Waals surface area contributed by atoms with E-state index in [1.807, 2.05) is 31.5 Å². The van der Waals surface area contributed by atoms with E-state index in [-0.39, 0.29) is 17.7 Å². The summed E-state index contributed by atoms with van der Waals surface area (Å²) in [6, 6.07) is 8.54. The summed E-state index contributed by atoms with van der Waals surface area (Å²) in [7, 11) is -3.08. The molecule has 1 aromatic carbocycles. The first-order valence-corrected chi connectivity index (χ1v) is 9.78. The molecule has 1 amide bonds. The highest BCUT2D eigenvalue weighted by Crippen LogP contribution is 2.09. The summed E-state index contributed by atoms with van der Waals surface area (Å²) in [6.45, 7) is 6.43.